The number of amides is 2. The van der Waals surface area contributed by atoms with Crippen molar-refractivity contribution >= 4 is 40.6 Å². The summed E-state index contributed by atoms with van der Waals surface area (Å²) in [5.41, 5.74) is 3.30. The van der Waals surface area contributed by atoms with Crippen LogP contribution in [0.5, 0.6) is 11.5 Å². The zero-order valence-corrected chi connectivity index (χ0v) is 18.3. The van der Waals surface area contributed by atoms with Crippen molar-refractivity contribution in [2.75, 3.05) is 18.1 Å². The van der Waals surface area contributed by atoms with Gasteiger partial charge in [-0.1, -0.05) is 12.1 Å². The number of nitrogens with zero attached hydrogens (tertiary/aromatic N) is 1. The molecule has 0 aliphatic carbocycles. The van der Waals surface area contributed by atoms with Crippen LogP contribution in [-0.4, -0.2) is 35.4 Å². The Morgan fingerprint density at radius 1 is 1.06 bits per heavy atom. The van der Waals surface area contributed by atoms with Crippen LogP contribution in [0.1, 0.15) is 30.0 Å². The number of anilines is 1. The van der Waals surface area contributed by atoms with Gasteiger partial charge in [-0.2, -0.15) is 0 Å². The van der Waals surface area contributed by atoms with Gasteiger partial charge in [-0.05, 0) is 79.6 Å². The van der Waals surface area contributed by atoms with Gasteiger partial charge < -0.3 is 14.6 Å². The lowest BCUT2D eigenvalue weighted by Crippen LogP contribution is -2.27. The molecule has 0 aromatic heterocycles. The molecule has 1 N–H and O–H groups in total. The lowest BCUT2D eigenvalue weighted by Gasteiger charge is -2.14. The van der Waals surface area contributed by atoms with E-state index in [0.717, 1.165) is 22.9 Å². The molecule has 0 saturated carbocycles. The Morgan fingerprint density at radius 3 is 2.52 bits per heavy atom. The number of hydrogen-bond acceptors (Lipinski definition) is 6. The summed E-state index contributed by atoms with van der Waals surface area (Å²) >= 11 is 0.883. The average Bonchev–Trinajstić information content (AvgIpc) is 2.99. The number of benzene rings is 2. The molecule has 2 aromatic carbocycles. The maximum atomic E-state index is 12.9. The Morgan fingerprint density at radius 2 is 1.84 bits per heavy atom. The van der Waals surface area contributed by atoms with E-state index >= 15 is 0 Å². The summed E-state index contributed by atoms with van der Waals surface area (Å²) in [6.45, 7) is 6.13. The summed E-state index contributed by atoms with van der Waals surface area (Å²) < 4.78 is 11.1. The first-order valence-corrected chi connectivity index (χ1v) is 10.6. The third-order valence-corrected chi connectivity index (χ3v) is 5.55. The van der Waals surface area contributed by atoms with Gasteiger partial charge in [0.05, 0.1) is 30.2 Å². The molecule has 1 aliphatic heterocycles. The maximum Gasteiger partial charge on any atom is 0.306 e. The molecule has 0 bridgehead atoms. The van der Waals surface area contributed by atoms with Crippen molar-refractivity contribution < 1.29 is 29.0 Å². The molecular weight excluding hydrogens is 418 g/mol. The Hall–Kier alpha value is -3.26. The molecule has 0 radical (unpaired) electrons. The molecule has 162 valence electrons. The Bertz CT molecular complexity index is 1060. The van der Waals surface area contributed by atoms with E-state index in [2.05, 4.69) is 0 Å². The summed E-state index contributed by atoms with van der Waals surface area (Å²) in [7, 11) is 0. The fraction of sp³-hybridized carbons (Fsp3) is 0.261. The van der Waals surface area contributed by atoms with Crippen LogP contribution in [0, 0.1) is 13.8 Å². The van der Waals surface area contributed by atoms with Crippen molar-refractivity contribution in [3.63, 3.8) is 0 Å². The SMILES string of the molecule is CCOc1cc(/C=C2/SC(=O)N(c3ccc(C)c(C)c3)C2=O)ccc1OCCC(=O)O. The van der Waals surface area contributed by atoms with Gasteiger partial charge in [-0.15, -0.1) is 0 Å². The molecule has 2 amide bonds. The number of carboxylic acid groups (broad SMARTS) is 1. The van der Waals surface area contributed by atoms with E-state index in [-0.39, 0.29) is 24.2 Å². The number of ether oxygens (including phenoxy) is 2. The lowest BCUT2D eigenvalue weighted by molar-refractivity contribution is -0.137. The summed E-state index contributed by atoms with van der Waals surface area (Å²) in [6.07, 6.45) is 1.51. The molecule has 1 heterocycles. The van der Waals surface area contributed by atoms with E-state index in [9.17, 15) is 14.4 Å². The van der Waals surface area contributed by atoms with Gasteiger partial charge in [-0.3, -0.25) is 14.4 Å². The lowest BCUT2D eigenvalue weighted by atomic mass is 10.1. The second kappa shape index (κ2) is 9.70. The zero-order valence-electron chi connectivity index (χ0n) is 17.5. The van der Waals surface area contributed by atoms with Gasteiger partial charge >= 0.3 is 5.97 Å². The Balaban J connectivity index is 1.84. The topological polar surface area (TPSA) is 93.1 Å². The standard InChI is InChI=1S/C23H23NO6S/c1-4-29-19-12-16(6-8-18(19)30-10-9-21(25)26)13-20-22(27)24(23(28)31-20)17-7-5-14(2)15(3)11-17/h5-8,11-13H,4,9-10H2,1-3H3,(H,25,26)/b20-13+. The smallest absolute Gasteiger partial charge is 0.306 e. The summed E-state index contributed by atoms with van der Waals surface area (Å²) in [5, 5.41) is 8.41. The monoisotopic (exact) mass is 441 g/mol. The quantitative estimate of drug-likeness (QED) is 0.588. The van der Waals surface area contributed by atoms with E-state index in [4.69, 9.17) is 14.6 Å². The van der Waals surface area contributed by atoms with Gasteiger partial charge in [0.1, 0.15) is 0 Å². The predicted molar refractivity (Wildman–Crippen MR) is 120 cm³/mol. The van der Waals surface area contributed by atoms with Crippen molar-refractivity contribution in [3.8, 4) is 11.5 Å². The number of imide groups is 1. The van der Waals surface area contributed by atoms with Crippen molar-refractivity contribution in [1.29, 1.82) is 0 Å². The Labute approximate surface area is 184 Å². The highest BCUT2D eigenvalue weighted by Crippen LogP contribution is 2.37. The second-order valence-corrected chi connectivity index (χ2v) is 7.91. The van der Waals surface area contributed by atoms with E-state index in [0.29, 0.717) is 34.3 Å². The third kappa shape index (κ3) is 5.27. The molecule has 1 aliphatic rings. The molecule has 1 fully saturated rings. The van der Waals surface area contributed by atoms with Gasteiger partial charge in [0.2, 0.25) is 0 Å². The highest BCUT2D eigenvalue weighted by atomic mass is 32.2. The highest BCUT2D eigenvalue weighted by Gasteiger charge is 2.36. The fourth-order valence-corrected chi connectivity index (χ4v) is 3.80. The molecule has 1 saturated heterocycles. The van der Waals surface area contributed by atoms with Crippen LogP contribution in [0.3, 0.4) is 0 Å². The van der Waals surface area contributed by atoms with Crippen LogP contribution >= 0.6 is 11.8 Å². The number of rotatable bonds is 8. The third-order valence-electron chi connectivity index (χ3n) is 4.68. The van der Waals surface area contributed by atoms with Gasteiger partial charge in [0.25, 0.3) is 11.1 Å². The molecule has 31 heavy (non-hydrogen) atoms. The van der Waals surface area contributed by atoms with Crippen LogP contribution in [0.15, 0.2) is 41.3 Å². The second-order valence-electron chi connectivity index (χ2n) is 6.92. The van der Waals surface area contributed by atoms with Crippen molar-refractivity contribution in [2.24, 2.45) is 0 Å². The van der Waals surface area contributed by atoms with Crippen LogP contribution in [-0.2, 0) is 9.59 Å². The largest absolute Gasteiger partial charge is 0.490 e. The summed E-state index contributed by atoms with van der Waals surface area (Å²) in [4.78, 5) is 37.6. The number of hydrogen-bond donors (Lipinski definition) is 1. The molecule has 2 aromatic rings. The minimum Gasteiger partial charge on any atom is -0.490 e. The minimum absolute atomic E-state index is 0.0175. The van der Waals surface area contributed by atoms with E-state index in [1.165, 1.54) is 4.90 Å². The first kappa shape index (κ1) is 22.4. The molecule has 0 unspecified atom stereocenters. The Kier molecular flexibility index (Phi) is 7.02. The van der Waals surface area contributed by atoms with Crippen LogP contribution in [0.25, 0.3) is 6.08 Å². The molecule has 8 heteroatoms. The zero-order chi connectivity index (χ0) is 22.5. The van der Waals surface area contributed by atoms with Crippen LogP contribution in [0.4, 0.5) is 10.5 Å². The fourth-order valence-electron chi connectivity index (χ4n) is 2.96. The first-order chi connectivity index (χ1) is 14.8. The van der Waals surface area contributed by atoms with E-state index in [1.54, 1.807) is 30.3 Å². The van der Waals surface area contributed by atoms with E-state index in [1.807, 2.05) is 32.9 Å². The number of carboxylic acids is 1. The van der Waals surface area contributed by atoms with Crippen LogP contribution < -0.4 is 14.4 Å². The predicted octanol–water partition coefficient (Wildman–Crippen LogP) is 4.80. The molecular formula is C23H23NO6S. The number of carbonyl (C=O) groups excluding carboxylic acids is 2. The number of aliphatic carboxylic acids is 1. The number of aryl methyl sites for hydroxylation is 2. The van der Waals surface area contributed by atoms with Crippen molar-refractivity contribution in [1.82, 2.24) is 0 Å². The van der Waals surface area contributed by atoms with Gasteiger partial charge in [0, 0.05) is 0 Å². The highest BCUT2D eigenvalue weighted by molar-refractivity contribution is 8.19. The van der Waals surface area contributed by atoms with Crippen molar-refractivity contribution in [3.05, 3.63) is 58.0 Å². The average molecular weight is 442 g/mol. The number of thioether (sulfide) groups is 1. The normalized spacial score (nSPS) is 14.9. The molecule has 3 rings (SSSR count). The van der Waals surface area contributed by atoms with Crippen molar-refractivity contribution in [2.45, 2.75) is 27.2 Å². The van der Waals surface area contributed by atoms with Gasteiger partial charge in [-0.25, -0.2) is 4.90 Å². The van der Waals surface area contributed by atoms with E-state index < -0.39 is 5.97 Å². The van der Waals surface area contributed by atoms with Gasteiger partial charge in [0.15, 0.2) is 11.5 Å². The summed E-state index contributed by atoms with van der Waals surface area (Å²) in [6, 6.07) is 10.6. The molecule has 7 nitrogen and oxygen atoms in total. The first-order valence-electron chi connectivity index (χ1n) is 9.76. The van der Waals surface area contributed by atoms with Crippen LogP contribution in [0.2, 0.25) is 0 Å². The minimum atomic E-state index is -0.950. The maximum absolute atomic E-state index is 12.9. The number of carbonyl (C=O) groups is 3. The summed E-state index contributed by atoms with van der Waals surface area (Å²) in [5.74, 6) is -0.467. The molecule has 0 atom stereocenters. The molecule has 0 spiro atoms.